The number of pyridine rings is 1. The molecule has 174 valence electrons. The summed E-state index contributed by atoms with van der Waals surface area (Å²) in [4.78, 5) is 27.1. The summed E-state index contributed by atoms with van der Waals surface area (Å²) in [5.41, 5.74) is 2.60. The van der Waals surface area contributed by atoms with E-state index in [0.717, 1.165) is 26.9 Å². The molecule has 0 radical (unpaired) electrons. The average molecular weight is 514 g/mol. The maximum atomic E-state index is 13.2. The lowest BCUT2D eigenvalue weighted by Crippen LogP contribution is -2.50. The predicted molar refractivity (Wildman–Crippen MR) is 131 cm³/mol. The first kappa shape index (κ1) is 22.9. The Labute approximate surface area is 205 Å². The summed E-state index contributed by atoms with van der Waals surface area (Å²) >= 11 is 7.23. The fraction of sp³-hybridized carbons (Fsp3) is 0.217. The number of aryl methyl sites for hydroxylation is 1. The third-order valence-corrected chi connectivity index (χ3v) is 9.33. The van der Waals surface area contributed by atoms with Crippen LogP contribution >= 0.6 is 22.9 Å². The molecule has 0 bridgehead atoms. The van der Waals surface area contributed by atoms with Gasteiger partial charge in [0.2, 0.25) is 5.82 Å². The molecule has 1 aromatic carbocycles. The first-order valence-electron chi connectivity index (χ1n) is 10.5. The third-order valence-electron chi connectivity index (χ3n) is 5.65. The van der Waals surface area contributed by atoms with Crippen molar-refractivity contribution in [3.63, 3.8) is 0 Å². The van der Waals surface area contributed by atoms with Crippen LogP contribution in [0.1, 0.15) is 16.3 Å². The van der Waals surface area contributed by atoms with Gasteiger partial charge >= 0.3 is 0 Å². The molecule has 0 atom stereocenters. The topological polar surface area (TPSA) is 96.4 Å². The van der Waals surface area contributed by atoms with Gasteiger partial charge in [-0.1, -0.05) is 17.7 Å². The molecule has 11 heteroatoms. The number of benzene rings is 1. The van der Waals surface area contributed by atoms with Gasteiger partial charge in [0.25, 0.3) is 15.9 Å². The molecule has 0 unspecified atom stereocenters. The molecular weight excluding hydrogens is 494 g/mol. The van der Waals surface area contributed by atoms with Crippen molar-refractivity contribution in [2.24, 2.45) is 0 Å². The van der Waals surface area contributed by atoms with E-state index in [9.17, 15) is 13.2 Å². The van der Waals surface area contributed by atoms with Gasteiger partial charge in [-0.15, -0.1) is 11.3 Å². The number of sulfonamides is 1. The number of halogens is 1. The predicted octanol–water partition coefficient (Wildman–Crippen LogP) is 3.86. The molecule has 0 spiro atoms. The van der Waals surface area contributed by atoms with Crippen LogP contribution < -0.4 is 0 Å². The first-order valence-corrected chi connectivity index (χ1v) is 13.2. The van der Waals surface area contributed by atoms with Gasteiger partial charge in [-0.25, -0.2) is 18.4 Å². The highest BCUT2D eigenvalue weighted by molar-refractivity contribution is 7.91. The summed E-state index contributed by atoms with van der Waals surface area (Å²) in [5.74, 6) is -0.224. The second-order valence-corrected chi connectivity index (χ2v) is 11.6. The van der Waals surface area contributed by atoms with Gasteiger partial charge in [0.05, 0.1) is 0 Å². The van der Waals surface area contributed by atoms with E-state index in [4.69, 9.17) is 11.6 Å². The third kappa shape index (κ3) is 4.41. The van der Waals surface area contributed by atoms with E-state index in [2.05, 4.69) is 15.0 Å². The largest absolute Gasteiger partial charge is 0.333 e. The summed E-state index contributed by atoms with van der Waals surface area (Å²) in [6.45, 7) is 2.85. The monoisotopic (exact) mass is 513 g/mol. The lowest BCUT2D eigenvalue weighted by atomic mass is 10.1. The molecule has 3 aromatic heterocycles. The van der Waals surface area contributed by atoms with Crippen LogP contribution in [0.4, 0.5) is 0 Å². The van der Waals surface area contributed by atoms with Crippen LogP contribution in [0.5, 0.6) is 0 Å². The zero-order chi connectivity index (χ0) is 23.9. The van der Waals surface area contributed by atoms with Gasteiger partial charge in [0, 0.05) is 65.7 Å². The lowest BCUT2D eigenvalue weighted by Gasteiger charge is -2.33. The Bertz CT molecular complexity index is 1480. The van der Waals surface area contributed by atoms with Crippen LogP contribution in [0.15, 0.2) is 59.2 Å². The van der Waals surface area contributed by atoms with Crippen molar-refractivity contribution in [1.82, 2.24) is 24.2 Å². The molecule has 0 saturated carbocycles. The zero-order valence-electron chi connectivity index (χ0n) is 18.2. The fourth-order valence-corrected chi connectivity index (χ4v) is 7.07. The molecule has 4 heterocycles. The Morgan fingerprint density at radius 1 is 0.971 bits per heavy atom. The molecular formula is C23H20ClN5O3S2. The highest BCUT2D eigenvalue weighted by Crippen LogP contribution is 2.33. The summed E-state index contributed by atoms with van der Waals surface area (Å²) < 4.78 is 28.8. The lowest BCUT2D eigenvalue weighted by molar-refractivity contribution is 0.0685. The molecule has 1 aliphatic rings. The molecule has 0 aliphatic carbocycles. The van der Waals surface area contributed by atoms with E-state index in [1.54, 1.807) is 41.7 Å². The molecule has 1 amide bonds. The van der Waals surface area contributed by atoms with Crippen LogP contribution in [0.3, 0.4) is 0 Å². The Morgan fingerprint density at radius 3 is 2.41 bits per heavy atom. The Balaban J connectivity index is 1.26. The Kier molecular flexibility index (Phi) is 6.07. The smallest absolute Gasteiger partial charge is 0.291 e. The number of carbonyl (C=O) groups excluding carboxylic acids is 1. The SMILES string of the molecule is Cc1cc(-c2cnc(C(=O)N3CCN(S(=O)(=O)c4cc5ccc(Cl)cc5s4)CC3)nc2)ccn1. The number of hydrogen-bond acceptors (Lipinski definition) is 7. The van der Waals surface area contributed by atoms with Gasteiger partial charge in [-0.2, -0.15) is 4.31 Å². The van der Waals surface area contributed by atoms with Crippen LogP contribution in [0.2, 0.25) is 5.02 Å². The fourth-order valence-electron chi connectivity index (χ4n) is 3.82. The number of carbonyl (C=O) groups is 1. The molecule has 4 aromatic rings. The minimum absolute atomic E-state index is 0.0900. The van der Waals surface area contributed by atoms with Gasteiger partial charge in [-0.3, -0.25) is 9.78 Å². The average Bonchev–Trinajstić information content (AvgIpc) is 3.28. The van der Waals surface area contributed by atoms with Crippen molar-refractivity contribution in [2.75, 3.05) is 26.2 Å². The highest BCUT2D eigenvalue weighted by atomic mass is 35.5. The number of rotatable bonds is 4. The number of amides is 1. The van der Waals surface area contributed by atoms with E-state index >= 15 is 0 Å². The van der Waals surface area contributed by atoms with E-state index in [0.29, 0.717) is 5.02 Å². The van der Waals surface area contributed by atoms with Crippen molar-refractivity contribution in [2.45, 2.75) is 11.1 Å². The Hall–Kier alpha value is -2.92. The van der Waals surface area contributed by atoms with E-state index in [1.165, 1.54) is 15.6 Å². The summed E-state index contributed by atoms with van der Waals surface area (Å²) in [7, 11) is -3.66. The number of nitrogens with zero attached hydrogens (tertiary/aromatic N) is 5. The van der Waals surface area contributed by atoms with Crippen molar-refractivity contribution in [3.8, 4) is 11.1 Å². The van der Waals surface area contributed by atoms with Crippen LogP contribution in [0, 0.1) is 6.92 Å². The second-order valence-electron chi connectivity index (χ2n) is 7.93. The highest BCUT2D eigenvalue weighted by Gasteiger charge is 2.32. The number of fused-ring (bicyclic) bond motifs is 1. The van der Waals surface area contributed by atoms with Gasteiger partial charge in [0.1, 0.15) is 4.21 Å². The molecule has 1 saturated heterocycles. The zero-order valence-corrected chi connectivity index (χ0v) is 20.6. The molecule has 5 rings (SSSR count). The standard InChI is InChI=1S/C23H20ClN5O3S2/c1-15-10-16(4-5-25-15)18-13-26-22(27-14-18)23(30)28-6-8-29(9-7-28)34(31,32)21-11-17-2-3-19(24)12-20(17)33-21/h2-5,10-14H,6-9H2,1H3. The molecule has 1 fully saturated rings. The first-order chi connectivity index (χ1) is 16.3. The summed E-state index contributed by atoms with van der Waals surface area (Å²) in [6, 6.07) is 10.8. The van der Waals surface area contributed by atoms with E-state index < -0.39 is 10.0 Å². The van der Waals surface area contributed by atoms with Crippen LogP contribution in [-0.2, 0) is 10.0 Å². The number of aromatic nitrogens is 3. The number of piperazine rings is 1. The minimum atomic E-state index is -3.66. The summed E-state index contributed by atoms with van der Waals surface area (Å²) in [6.07, 6.45) is 4.94. The van der Waals surface area contributed by atoms with Crippen molar-refractivity contribution >= 4 is 49.0 Å². The number of hydrogen-bond donors (Lipinski definition) is 0. The van der Waals surface area contributed by atoms with Crippen molar-refractivity contribution in [3.05, 3.63) is 71.5 Å². The molecule has 0 N–H and O–H groups in total. The van der Waals surface area contributed by atoms with E-state index in [1.807, 2.05) is 25.1 Å². The maximum absolute atomic E-state index is 13.2. The summed E-state index contributed by atoms with van der Waals surface area (Å²) in [5, 5.41) is 1.40. The minimum Gasteiger partial charge on any atom is -0.333 e. The van der Waals surface area contributed by atoms with Gasteiger partial charge in [-0.05, 0) is 48.2 Å². The van der Waals surface area contributed by atoms with Gasteiger partial charge in [0.15, 0.2) is 0 Å². The quantitative estimate of drug-likeness (QED) is 0.411. The normalized spacial score (nSPS) is 15.1. The van der Waals surface area contributed by atoms with Crippen LogP contribution in [-0.4, -0.2) is 64.7 Å². The van der Waals surface area contributed by atoms with Crippen molar-refractivity contribution < 1.29 is 13.2 Å². The van der Waals surface area contributed by atoms with Crippen molar-refractivity contribution in [1.29, 1.82) is 0 Å². The molecule has 34 heavy (non-hydrogen) atoms. The second kappa shape index (κ2) is 9.03. The molecule has 8 nitrogen and oxygen atoms in total. The molecule has 1 aliphatic heterocycles. The Morgan fingerprint density at radius 2 is 1.71 bits per heavy atom. The van der Waals surface area contributed by atoms with Crippen LogP contribution in [0.25, 0.3) is 21.2 Å². The van der Waals surface area contributed by atoms with Gasteiger partial charge < -0.3 is 4.90 Å². The maximum Gasteiger partial charge on any atom is 0.291 e. The van der Waals surface area contributed by atoms with E-state index in [-0.39, 0.29) is 42.1 Å². The number of thiophene rings is 1.